The second-order valence-corrected chi connectivity index (χ2v) is 3.72. The number of rotatable bonds is 2. The normalized spacial score (nSPS) is 17.9. The van der Waals surface area contributed by atoms with Crippen LogP contribution in [-0.4, -0.2) is 17.6 Å². The van der Waals surface area contributed by atoms with Crippen molar-refractivity contribution in [3.8, 4) is 11.5 Å². The van der Waals surface area contributed by atoms with Gasteiger partial charge < -0.3 is 20.3 Å². The Kier molecular flexibility index (Phi) is 2.09. The Bertz CT molecular complexity index is 344. The van der Waals surface area contributed by atoms with Gasteiger partial charge in [-0.3, -0.25) is 0 Å². The highest BCUT2D eigenvalue weighted by Gasteiger charge is 2.17. The predicted molar refractivity (Wildman–Crippen MR) is 51.1 cm³/mol. The summed E-state index contributed by atoms with van der Waals surface area (Å²) in [6, 6.07) is 5.53. The van der Waals surface area contributed by atoms with Crippen molar-refractivity contribution in [3.63, 3.8) is 0 Å². The van der Waals surface area contributed by atoms with Crippen LogP contribution in [0.15, 0.2) is 18.2 Å². The number of ether oxygens (including phenoxy) is 2. The highest BCUT2D eigenvalue weighted by Crippen LogP contribution is 2.32. The molecule has 3 N–H and O–H groups in total. The number of benzene rings is 1. The minimum absolute atomic E-state index is 0.262. The Hall–Kier alpha value is -1.26. The second-order valence-electron chi connectivity index (χ2n) is 3.72. The summed E-state index contributed by atoms with van der Waals surface area (Å²) in [5.41, 5.74) is 5.24. The summed E-state index contributed by atoms with van der Waals surface area (Å²) < 4.78 is 10.4. The number of hydrogen-bond acceptors (Lipinski definition) is 4. The average molecular weight is 195 g/mol. The maximum atomic E-state index is 9.43. The van der Waals surface area contributed by atoms with E-state index in [1.807, 2.05) is 18.2 Å². The molecule has 0 aromatic heterocycles. The Labute approximate surface area is 82.2 Å². The Morgan fingerprint density at radius 3 is 2.86 bits per heavy atom. The maximum Gasteiger partial charge on any atom is 0.231 e. The molecule has 1 aliphatic heterocycles. The van der Waals surface area contributed by atoms with Crippen LogP contribution in [0.4, 0.5) is 0 Å². The highest BCUT2D eigenvalue weighted by molar-refractivity contribution is 5.44. The molecule has 0 fully saturated rings. The lowest BCUT2D eigenvalue weighted by Gasteiger charge is -2.16. The summed E-state index contributed by atoms with van der Waals surface area (Å²) in [6.45, 7) is 1.83. The van der Waals surface area contributed by atoms with Gasteiger partial charge in [-0.05, 0) is 24.6 Å². The van der Waals surface area contributed by atoms with Crippen molar-refractivity contribution < 1.29 is 14.6 Å². The van der Waals surface area contributed by atoms with Crippen LogP contribution < -0.4 is 15.2 Å². The first-order chi connectivity index (χ1) is 6.54. The van der Waals surface area contributed by atoms with Crippen LogP contribution in [0.25, 0.3) is 0 Å². The molecule has 4 nitrogen and oxygen atoms in total. The zero-order chi connectivity index (χ0) is 10.2. The molecule has 2 rings (SSSR count). The van der Waals surface area contributed by atoms with E-state index >= 15 is 0 Å². The van der Waals surface area contributed by atoms with Crippen molar-refractivity contribution in [2.75, 3.05) is 6.79 Å². The largest absolute Gasteiger partial charge is 0.454 e. The topological polar surface area (TPSA) is 64.7 Å². The minimum Gasteiger partial charge on any atom is -0.454 e. The molecule has 0 aliphatic carbocycles. The predicted octanol–water partition coefficient (Wildman–Crippen LogP) is 0.625. The Morgan fingerprint density at radius 1 is 1.43 bits per heavy atom. The van der Waals surface area contributed by atoms with Crippen molar-refractivity contribution in [2.24, 2.45) is 5.73 Å². The first-order valence-corrected chi connectivity index (χ1v) is 4.44. The lowest BCUT2D eigenvalue weighted by Crippen LogP contribution is -2.37. The zero-order valence-electron chi connectivity index (χ0n) is 7.99. The minimum atomic E-state index is -1.19. The molecule has 76 valence electrons. The van der Waals surface area contributed by atoms with E-state index in [4.69, 9.17) is 15.2 Å². The van der Waals surface area contributed by atoms with Gasteiger partial charge in [0.15, 0.2) is 11.5 Å². The fourth-order valence-electron chi connectivity index (χ4n) is 1.46. The molecule has 0 spiro atoms. The van der Waals surface area contributed by atoms with Crippen LogP contribution >= 0.6 is 0 Å². The fraction of sp³-hybridized carbons (Fsp3) is 0.400. The van der Waals surface area contributed by atoms with Gasteiger partial charge in [0.2, 0.25) is 6.79 Å². The standard InChI is InChI=1S/C10H13NO3/c1-10(11,12)5-7-2-3-8-9(4-7)14-6-13-8/h2-4,12H,5-6,11H2,1H3. The molecule has 1 aromatic rings. The van der Waals surface area contributed by atoms with E-state index in [0.29, 0.717) is 12.2 Å². The molecule has 4 heteroatoms. The van der Waals surface area contributed by atoms with Gasteiger partial charge in [0.1, 0.15) is 5.72 Å². The highest BCUT2D eigenvalue weighted by atomic mass is 16.7. The summed E-state index contributed by atoms with van der Waals surface area (Å²) >= 11 is 0. The third-order valence-corrected chi connectivity index (χ3v) is 2.00. The number of aliphatic hydroxyl groups is 1. The van der Waals surface area contributed by atoms with Gasteiger partial charge in [-0.25, -0.2) is 0 Å². The summed E-state index contributed by atoms with van der Waals surface area (Å²) in [6.07, 6.45) is 0.392. The summed E-state index contributed by atoms with van der Waals surface area (Å²) in [4.78, 5) is 0. The van der Waals surface area contributed by atoms with Crippen LogP contribution in [-0.2, 0) is 6.42 Å². The van der Waals surface area contributed by atoms with Gasteiger partial charge in [0, 0.05) is 6.42 Å². The van der Waals surface area contributed by atoms with E-state index < -0.39 is 5.72 Å². The second kappa shape index (κ2) is 3.15. The smallest absolute Gasteiger partial charge is 0.231 e. The van der Waals surface area contributed by atoms with E-state index in [-0.39, 0.29) is 6.79 Å². The zero-order valence-corrected chi connectivity index (χ0v) is 7.99. The molecule has 1 heterocycles. The third-order valence-electron chi connectivity index (χ3n) is 2.00. The molecule has 1 aliphatic rings. The summed E-state index contributed by atoms with van der Waals surface area (Å²) in [5.74, 6) is 1.46. The first kappa shape index (κ1) is 9.30. The molecule has 1 atom stereocenters. The number of hydrogen-bond donors (Lipinski definition) is 2. The van der Waals surface area contributed by atoms with Gasteiger partial charge in [0.05, 0.1) is 0 Å². The fourth-order valence-corrected chi connectivity index (χ4v) is 1.46. The lowest BCUT2D eigenvalue weighted by atomic mass is 10.0. The van der Waals surface area contributed by atoms with E-state index in [1.54, 1.807) is 6.92 Å². The van der Waals surface area contributed by atoms with Gasteiger partial charge in [-0.1, -0.05) is 6.07 Å². The van der Waals surface area contributed by atoms with Crippen LogP contribution in [0.2, 0.25) is 0 Å². The monoisotopic (exact) mass is 195 g/mol. The SMILES string of the molecule is CC(N)(O)Cc1ccc2c(c1)OCO2. The van der Waals surface area contributed by atoms with Crippen molar-refractivity contribution >= 4 is 0 Å². The van der Waals surface area contributed by atoms with Crippen molar-refractivity contribution in [1.82, 2.24) is 0 Å². The summed E-state index contributed by atoms with van der Waals surface area (Å²) in [5, 5.41) is 9.43. The van der Waals surface area contributed by atoms with Crippen LogP contribution in [0.1, 0.15) is 12.5 Å². The van der Waals surface area contributed by atoms with E-state index in [2.05, 4.69) is 0 Å². The van der Waals surface area contributed by atoms with Crippen molar-refractivity contribution in [1.29, 1.82) is 0 Å². The quantitative estimate of drug-likeness (QED) is 0.679. The average Bonchev–Trinajstić information content (AvgIpc) is 2.47. The van der Waals surface area contributed by atoms with Crippen LogP contribution in [0, 0.1) is 0 Å². The summed E-state index contributed by atoms with van der Waals surface area (Å²) in [7, 11) is 0. The molecule has 0 amide bonds. The molecule has 0 radical (unpaired) electrons. The molecule has 0 saturated heterocycles. The lowest BCUT2D eigenvalue weighted by molar-refractivity contribution is 0.0676. The van der Waals surface area contributed by atoms with Crippen molar-refractivity contribution in [3.05, 3.63) is 23.8 Å². The first-order valence-electron chi connectivity index (χ1n) is 4.44. The van der Waals surface area contributed by atoms with Gasteiger partial charge in [-0.15, -0.1) is 0 Å². The number of nitrogens with two attached hydrogens (primary N) is 1. The van der Waals surface area contributed by atoms with Crippen LogP contribution in [0.3, 0.4) is 0 Å². The molecule has 14 heavy (non-hydrogen) atoms. The molecule has 0 bridgehead atoms. The van der Waals surface area contributed by atoms with E-state index in [9.17, 15) is 5.11 Å². The van der Waals surface area contributed by atoms with E-state index in [1.165, 1.54) is 0 Å². The van der Waals surface area contributed by atoms with Gasteiger partial charge >= 0.3 is 0 Å². The molecule has 1 aromatic carbocycles. The third kappa shape index (κ3) is 1.97. The van der Waals surface area contributed by atoms with E-state index in [0.717, 1.165) is 11.3 Å². The Morgan fingerprint density at radius 2 is 2.14 bits per heavy atom. The maximum absolute atomic E-state index is 9.43. The van der Waals surface area contributed by atoms with Crippen LogP contribution in [0.5, 0.6) is 11.5 Å². The Balaban J connectivity index is 2.21. The van der Waals surface area contributed by atoms with Gasteiger partial charge in [0.25, 0.3) is 0 Å². The molecule has 0 saturated carbocycles. The molecule has 1 unspecified atom stereocenters. The molecular formula is C10H13NO3. The van der Waals surface area contributed by atoms with Gasteiger partial charge in [-0.2, -0.15) is 0 Å². The molecular weight excluding hydrogens is 182 g/mol. The number of fused-ring (bicyclic) bond motifs is 1. The van der Waals surface area contributed by atoms with Crippen molar-refractivity contribution in [2.45, 2.75) is 19.1 Å².